The second-order valence-electron chi connectivity index (χ2n) is 17.1. The standard InChI is InChI=1S/C50H81N3O16P2/c1-3-5-6-7-8-9-10-11-12-16-19-22-25-28-31-34-45(55)64-38-42(67-46(56)35-32-29-26-23-20-17-14-13-15-18-21-24-27-30-33-41(54)4-2)39-65-70(60,61)69-71(62,63)66-40-43-47(57)48(58)49(68-43)53-37-36-44(51)52-50(53)59/h9-12,14-15,17-18,23-24,26-27,36-37,41-43,47-49,54,57-58H,3-8,13,16,19-22,25,28-35,38-40H2,1-2H3,(H,60,61)(H,62,63)(H2,51,52,59)/b10-9-,12-11-,17-14-,18-15-,26-23-,27-24-/t41-,42-,43-,47-,48-,49-/m1/s1. The second-order valence-corrected chi connectivity index (χ2v) is 20.2. The fourth-order valence-corrected chi connectivity index (χ4v) is 8.97. The minimum atomic E-state index is -5.45. The summed E-state index contributed by atoms with van der Waals surface area (Å²) < 4.78 is 56.6. The molecule has 0 amide bonds. The summed E-state index contributed by atoms with van der Waals surface area (Å²) in [6.07, 6.45) is 35.0. The number of phosphoric ester groups is 2. The van der Waals surface area contributed by atoms with Crippen molar-refractivity contribution in [2.45, 2.75) is 185 Å². The molecule has 0 bridgehead atoms. The molecule has 0 spiro atoms. The zero-order valence-electron chi connectivity index (χ0n) is 41.6. The summed E-state index contributed by atoms with van der Waals surface area (Å²) in [4.78, 5) is 61.8. The lowest BCUT2D eigenvalue weighted by molar-refractivity contribution is -0.161. The summed E-state index contributed by atoms with van der Waals surface area (Å²) in [5.74, 6) is -1.41. The Hall–Kier alpha value is -3.84. The summed E-state index contributed by atoms with van der Waals surface area (Å²) in [7, 11) is -10.9. The minimum absolute atomic E-state index is 0.0459. The number of carbonyl (C=O) groups is 2. The van der Waals surface area contributed by atoms with E-state index in [1.54, 1.807) is 0 Å². The summed E-state index contributed by atoms with van der Waals surface area (Å²) >= 11 is 0. The number of aliphatic hydroxyl groups excluding tert-OH is 3. The van der Waals surface area contributed by atoms with Gasteiger partial charge in [-0.3, -0.25) is 23.2 Å². The molecule has 1 aromatic heterocycles. The average molecular weight is 1040 g/mol. The Labute approximate surface area is 419 Å². The molecule has 21 heteroatoms. The van der Waals surface area contributed by atoms with Crippen molar-refractivity contribution in [1.29, 1.82) is 0 Å². The normalized spacial score (nSPS) is 20.2. The lowest BCUT2D eigenvalue weighted by atomic mass is 10.1. The van der Waals surface area contributed by atoms with E-state index < -0.39 is 83.7 Å². The molecule has 19 nitrogen and oxygen atoms in total. The smallest absolute Gasteiger partial charge is 0.462 e. The quantitative estimate of drug-likeness (QED) is 0.0117. The molecule has 1 aliphatic heterocycles. The van der Waals surface area contributed by atoms with Gasteiger partial charge in [0.25, 0.3) is 0 Å². The maximum Gasteiger partial charge on any atom is 0.481 e. The van der Waals surface area contributed by atoms with Crippen molar-refractivity contribution < 1.29 is 71.4 Å². The molecular weight excluding hydrogens is 961 g/mol. The van der Waals surface area contributed by atoms with Crippen LogP contribution in [-0.4, -0.2) is 96.9 Å². The van der Waals surface area contributed by atoms with Gasteiger partial charge in [0.2, 0.25) is 0 Å². The van der Waals surface area contributed by atoms with Crippen LogP contribution in [0.5, 0.6) is 0 Å². The van der Waals surface area contributed by atoms with Gasteiger partial charge in [-0.2, -0.15) is 9.29 Å². The number of hydrogen-bond donors (Lipinski definition) is 6. The van der Waals surface area contributed by atoms with Gasteiger partial charge in [0, 0.05) is 19.0 Å². The Kier molecular flexibility index (Phi) is 33.7. The van der Waals surface area contributed by atoms with E-state index in [-0.39, 0.29) is 24.8 Å². The second kappa shape index (κ2) is 37.8. The molecule has 0 aromatic carbocycles. The zero-order chi connectivity index (χ0) is 52.2. The number of allylic oxidation sites excluding steroid dienone is 12. The third-order valence-corrected chi connectivity index (χ3v) is 13.6. The van der Waals surface area contributed by atoms with E-state index in [9.17, 15) is 48.6 Å². The molecule has 2 unspecified atom stereocenters. The van der Waals surface area contributed by atoms with Gasteiger partial charge in [0.1, 0.15) is 30.7 Å². The number of carbonyl (C=O) groups excluding carboxylic acids is 2. The third-order valence-electron chi connectivity index (χ3n) is 11.0. The number of anilines is 1. The number of esters is 2. The third kappa shape index (κ3) is 30.7. The number of hydrogen-bond acceptors (Lipinski definition) is 16. The van der Waals surface area contributed by atoms with Gasteiger partial charge in [-0.25, -0.2) is 13.9 Å². The molecule has 1 fully saturated rings. The lowest BCUT2D eigenvalue weighted by Crippen LogP contribution is -2.36. The molecule has 402 valence electrons. The number of aromatic nitrogens is 2. The highest BCUT2D eigenvalue weighted by atomic mass is 31.3. The predicted molar refractivity (Wildman–Crippen MR) is 271 cm³/mol. The van der Waals surface area contributed by atoms with Crippen molar-refractivity contribution in [3.63, 3.8) is 0 Å². The van der Waals surface area contributed by atoms with E-state index in [4.69, 9.17) is 29.0 Å². The van der Waals surface area contributed by atoms with Gasteiger partial charge in [-0.15, -0.1) is 0 Å². The Bertz CT molecular complexity index is 1990. The molecule has 0 saturated carbocycles. The summed E-state index contributed by atoms with van der Waals surface area (Å²) in [6, 6.07) is 1.24. The van der Waals surface area contributed by atoms with Crippen molar-refractivity contribution in [3.8, 4) is 0 Å². The number of unbranched alkanes of at least 4 members (excludes halogenated alkanes) is 10. The maximum absolute atomic E-state index is 12.8. The van der Waals surface area contributed by atoms with Gasteiger partial charge >= 0.3 is 33.3 Å². The van der Waals surface area contributed by atoms with E-state index >= 15 is 0 Å². The molecule has 8 atom stereocenters. The SMILES string of the molecule is CCCCCC/C=C\C=C/CCCCCCCC(=O)OC[C@H](COP(=O)(O)OP(=O)(O)OC[C@H]1O[C@@H](n2ccc(N)nc2=O)[C@H](O)[C@@H]1O)OC(=O)CCC/C=C\C/C=C\C/C=C\C/C=C\CC[C@H](O)CC. The van der Waals surface area contributed by atoms with Crippen molar-refractivity contribution >= 4 is 33.4 Å². The van der Waals surface area contributed by atoms with E-state index in [1.807, 2.05) is 25.2 Å². The highest BCUT2D eigenvalue weighted by Gasteiger charge is 2.46. The first-order valence-electron chi connectivity index (χ1n) is 25.0. The van der Waals surface area contributed by atoms with Crippen LogP contribution in [0.4, 0.5) is 5.82 Å². The number of rotatable bonds is 40. The van der Waals surface area contributed by atoms with Gasteiger partial charge in [-0.05, 0) is 89.5 Å². The first kappa shape index (κ1) is 63.3. The van der Waals surface area contributed by atoms with Gasteiger partial charge in [-0.1, -0.05) is 125 Å². The zero-order valence-corrected chi connectivity index (χ0v) is 43.4. The van der Waals surface area contributed by atoms with Crippen molar-refractivity contribution in [2.24, 2.45) is 0 Å². The first-order chi connectivity index (χ1) is 34.1. The number of aliphatic hydroxyl groups is 3. The lowest BCUT2D eigenvalue weighted by Gasteiger charge is -2.21. The summed E-state index contributed by atoms with van der Waals surface area (Å²) in [5, 5.41) is 30.5. The van der Waals surface area contributed by atoms with Crippen LogP contribution < -0.4 is 11.4 Å². The van der Waals surface area contributed by atoms with Gasteiger partial charge < -0.3 is 45.1 Å². The Balaban J connectivity index is 1.85. The molecule has 1 saturated heterocycles. The van der Waals surface area contributed by atoms with E-state index in [0.29, 0.717) is 25.7 Å². The van der Waals surface area contributed by atoms with Crippen LogP contribution >= 0.6 is 15.6 Å². The fourth-order valence-electron chi connectivity index (χ4n) is 6.86. The van der Waals surface area contributed by atoms with Crippen molar-refractivity contribution in [1.82, 2.24) is 9.55 Å². The molecule has 1 aliphatic rings. The first-order valence-corrected chi connectivity index (χ1v) is 28.0. The van der Waals surface area contributed by atoms with Gasteiger partial charge in [0.15, 0.2) is 12.3 Å². The molecule has 1 aromatic rings. The number of phosphoric acid groups is 2. The molecule has 0 radical (unpaired) electrons. The minimum Gasteiger partial charge on any atom is -0.462 e. The molecule has 7 N–H and O–H groups in total. The largest absolute Gasteiger partial charge is 0.481 e. The number of ether oxygens (including phenoxy) is 3. The van der Waals surface area contributed by atoms with Crippen LogP contribution in [0.1, 0.15) is 155 Å². The fraction of sp³-hybridized carbons (Fsp3) is 0.640. The van der Waals surface area contributed by atoms with E-state index in [2.05, 4.69) is 70.9 Å². The van der Waals surface area contributed by atoms with E-state index in [1.165, 1.54) is 31.7 Å². The van der Waals surface area contributed by atoms with Crippen LogP contribution in [0.2, 0.25) is 0 Å². The van der Waals surface area contributed by atoms with Crippen LogP contribution in [0.3, 0.4) is 0 Å². The Morgan fingerprint density at radius 1 is 0.746 bits per heavy atom. The maximum atomic E-state index is 12.8. The Morgan fingerprint density at radius 3 is 1.94 bits per heavy atom. The topological polar surface area (TPSA) is 286 Å². The monoisotopic (exact) mass is 1040 g/mol. The molecular formula is C50H81N3O16P2. The van der Waals surface area contributed by atoms with Crippen LogP contribution in [0.15, 0.2) is 90.0 Å². The highest BCUT2D eigenvalue weighted by molar-refractivity contribution is 7.61. The Morgan fingerprint density at radius 2 is 1.31 bits per heavy atom. The van der Waals surface area contributed by atoms with Crippen molar-refractivity contribution in [3.05, 3.63) is 95.7 Å². The molecule has 2 heterocycles. The highest BCUT2D eigenvalue weighted by Crippen LogP contribution is 2.60. The summed E-state index contributed by atoms with van der Waals surface area (Å²) in [6.45, 7) is 1.77. The van der Waals surface area contributed by atoms with Crippen LogP contribution in [-0.2, 0) is 46.3 Å². The number of nitrogens with zero attached hydrogens (tertiary/aromatic N) is 2. The molecule has 0 aliphatic carbocycles. The molecule has 71 heavy (non-hydrogen) atoms. The van der Waals surface area contributed by atoms with Crippen LogP contribution in [0.25, 0.3) is 0 Å². The van der Waals surface area contributed by atoms with E-state index in [0.717, 1.165) is 81.4 Å². The number of nitrogens with two attached hydrogens (primary N) is 1. The van der Waals surface area contributed by atoms with Gasteiger partial charge in [0.05, 0.1) is 19.3 Å². The average Bonchev–Trinajstić information content (AvgIpc) is 3.61. The summed E-state index contributed by atoms with van der Waals surface area (Å²) in [5.41, 5.74) is 4.57. The van der Waals surface area contributed by atoms with Crippen LogP contribution in [0, 0.1) is 0 Å². The van der Waals surface area contributed by atoms with Crippen molar-refractivity contribution in [2.75, 3.05) is 25.6 Å². The predicted octanol–water partition coefficient (Wildman–Crippen LogP) is 9.08. The number of nitrogen functional groups attached to an aromatic ring is 1. The molecule has 2 rings (SSSR count).